The molecular formula is C16H23FN2O2. The molecule has 0 spiro atoms. The average Bonchev–Trinajstić information content (AvgIpc) is 2.93. The molecule has 1 fully saturated rings. The second-order valence-corrected chi connectivity index (χ2v) is 5.58. The van der Waals surface area contributed by atoms with Gasteiger partial charge in [-0.1, -0.05) is 0 Å². The minimum Gasteiger partial charge on any atom is -0.494 e. The van der Waals surface area contributed by atoms with Crippen LogP contribution >= 0.6 is 0 Å². The van der Waals surface area contributed by atoms with Crippen molar-refractivity contribution < 1.29 is 13.9 Å². The maximum atomic E-state index is 12.8. The van der Waals surface area contributed by atoms with E-state index in [9.17, 15) is 9.18 Å². The molecular weight excluding hydrogens is 271 g/mol. The highest BCUT2D eigenvalue weighted by Gasteiger charge is 2.30. The van der Waals surface area contributed by atoms with Gasteiger partial charge in [0.05, 0.1) is 12.6 Å². The van der Waals surface area contributed by atoms with Crippen LogP contribution in [-0.2, 0) is 4.79 Å². The molecule has 0 radical (unpaired) electrons. The number of rotatable bonds is 6. The molecule has 1 heterocycles. The van der Waals surface area contributed by atoms with Crippen molar-refractivity contribution in [3.8, 4) is 5.75 Å². The van der Waals surface area contributed by atoms with Crippen molar-refractivity contribution in [2.45, 2.75) is 25.3 Å². The number of halogens is 1. The van der Waals surface area contributed by atoms with Crippen molar-refractivity contribution in [2.75, 3.05) is 33.8 Å². The van der Waals surface area contributed by atoms with Gasteiger partial charge >= 0.3 is 0 Å². The highest BCUT2D eigenvalue weighted by Crippen LogP contribution is 2.19. The minimum absolute atomic E-state index is 0.0193. The summed E-state index contributed by atoms with van der Waals surface area (Å²) < 4.78 is 18.3. The van der Waals surface area contributed by atoms with Crippen LogP contribution in [0.4, 0.5) is 4.39 Å². The maximum absolute atomic E-state index is 12.8. The molecule has 21 heavy (non-hydrogen) atoms. The molecule has 0 bridgehead atoms. The molecule has 1 aliphatic rings. The van der Waals surface area contributed by atoms with Crippen LogP contribution < -0.4 is 4.74 Å². The van der Waals surface area contributed by atoms with Crippen molar-refractivity contribution in [1.29, 1.82) is 0 Å². The lowest BCUT2D eigenvalue weighted by Crippen LogP contribution is -2.43. The van der Waals surface area contributed by atoms with Crippen LogP contribution in [0.5, 0.6) is 5.75 Å². The fraction of sp³-hybridized carbons (Fsp3) is 0.562. The lowest BCUT2D eigenvalue weighted by molar-refractivity contribution is -0.133. The predicted molar refractivity (Wildman–Crippen MR) is 79.8 cm³/mol. The summed E-state index contributed by atoms with van der Waals surface area (Å²) in [4.78, 5) is 16.0. The molecule has 1 aliphatic heterocycles. The van der Waals surface area contributed by atoms with Gasteiger partial charge in [-0.25, -0.2) is 4.39 Å². The van der Waals surface area contributed by atoms with Crippen LogP contribution in [-0.4, -0.2) is 55.5 Å². The topological polar surface area (TPSA) is 32.8 Å². The number of carbonyl (C=O) groups is 1. The van der Waals surface area contributed by atoms with Crippen molar-refractivity contribution >= 4 is 5.91 Å². The summed E-state index contributed by atoms with van der Waals surface area (Å²) in [6.45, 7) is 2.40. The largest absolute Gasteiger partial charge is 0.494 e. The van der Waals surface area contributed by atoms with Crippen LogP contribution in [0, 0.1) is 5.82 Å². The zero-order chi connectivity index (χ0) is 15.2. The van der Waals surface area contributed by atoms with E-state index in [1.165, 1.54) is 12.1 Å². The highest BCUT2D eigenvalue weighted by atomic mass is 19.1. The van der Waals surface area contributed by atoms with E-state index in [1.54, 1.807) is 31.1 Å². The third-order valence-electron chi connectivity index (χ3n) is 3.76. The van der Waals surface area contributed by atoms with Crippen LogP contribution in [0.15, 0.2) is 24.3 Å². The number of nitrogens with zero attached hydrogens (tertiary/aromatic N) is 2. The normalized spacial score (nSPS) is 18.7. The Morgan fingerprint density at radius 1 is 1.38 bits per heavy atom. The molecule has 1 aromatic rings. The molecule has 0 aliphatic carbocycles. The zero-order valence-corrected chi connectivity index (χ0v) is 12.7. The zero-order valence-electron chi connectivity index (χ0n) is 12.7. The van der Waals surface area contributed by atoms with E-state index < -0.39 is 0 Å². The number of hydrogen-bond acceptors (Lipinski definition) is 3. The molecule has 5 heteroatoms. The lowest BCUT2D eigenvalue weighted by Gasteiger charge is -2.25. The second-order valence-electron chi connectivity index (χ2n) is 5.58. The van der Waals surface area contributed by atoms with Crippen molar-refractivity contribution in [1.82, 2.24) is 9.80 Å². The molecule has 4 nitrogen and oxygen atoms in total. The van der Waals surface area contributed by atoms with Gasteiger partial charge in [-0.05, 0) is 50.1 Å². The van der Waals surface area contributed by atoms with Crippen molar-refractivity contribution in [3.63, 3.8) is 0 Å². The minimum atomic E-state index is -0.260. The SMILES string of the molecule is CN(C)C(=O)C1CCCN1CCCOc1ccc(F)cc1. The first kappa shape index (κ1) is 15.8. The van der Waals surface area contributed by atoms with E-state index in [2.05, 4.69) is 4.90 Å². The Morgan fingerprint density at radius 3 is 2.76 bits per heavy atom. The molecule has 1 amide bonds. The summed E-state index contributed by atoms with van der Waals surface area (Å²) in [5, 5.41) is 0. The number of benzene rings is 1. The standard InChI is InChI=1S/C16H23FN2O2/c1-18(2)16(20)15-5-3-10-19(15)11-4-12-21-14-8-6-13(17)7-9-14/h6-9,15H,3-5,10-12H2,1-2H3. The van der Waals surface area contributed by atoms with E-state index in [0.29, 0.717) is 12.4 Å². The fourth-order valence-corrected chi connectivity index (χ4v) is 2.66. The predicted octanol–water partition coefficient (Wildman–Crippen LogP) is 2.15. The molecule has 1 unspecified atom stereocenters. The van der Waals surface area contributed by atoms with E-state index >= 15 is 0 Å². The van der Waals surface area contributed by atoms with Crippen LogP contribution in [0.1, 0.15) is 19.3 Å². The molecule has 0 aromatic heterocycles. The number of likely N-dealkylation sites (N-methyl/N-ethyl adjacent to an activating group) is 1. The first-order valence-electron chi connectivity index (χ1n) is 7.41. The summed E-state index contributed by atoms with van der Waals surface area (Å²) in [5.74, 6) is 0.607. The smallest absolute Gasteiger partial charge is 0.239 e. The van der Waals surface area contributed by atoms with Crippen LogP contribution in [0.2, 0.25) is 0 Å². The van der Waals surface area contributed by atoms with E-state index in [-0.39, 0.29) is 17.8 Å². The van der Waals surface area contributed by atoms with E-state index in [0.717, 1.165) is 32.4 Å². The fourth-order valence-electron chi connectivity index (χ4n) is 2.66. The molecule has 0 N–H and O–H groups in total. The first-order valence-corrected chi connectivity index (χ1v) is 7.41. The van der Waals surface area contributed by atoms with Gasteiger partial charge in [0.1, 0.15) is 11.6 Å². The van der Waals surface area contributed by atoms with E-state index in [1.807, 2.05) is 0 Å². The van der Waals surface area contributed by atoms with Gasteiger partial charge in [-0.3, -0.25) is 9.69 Å². The molecule has 1 saturated heterocycles. The third kappa shape index (κ3) is 4.43. The van der Waals surface area contributed by atoms with Gasteiger partial charge in [0.25, 0.3) is 0 Å². The molecule has 1 atom stereocenters. The summed E-state index contributed by atoms with van der Waals surface area (Å²) >= 11 is 0. The Balaban J connectivity index is 1.72. The first-order chi connectivity index (χ1) is 10.1. The number of carbonyl (C=O) groups excluding carboxylic acids is 1. The average molecular weight is 294 g/mol. The third-order valence-corrected chi connectivity index (χ3v) is 3.76. The number of amides is 1. The summed E-state index contributed by atoms with van der Waals surface area (Å²) in [7, 11) is 3.60. The quantitative estimate of drug-likeness (QED) is 0.754. The van der Waals surface area contributed by atoms with Crippen LogP contribution in [0.3, 0.4) is 0 Å². The Bertz CT molecular complexity index is 462. The van der Waals surface area contributed by atoms with Crippen LogP contribution in [0.25, 0.3) is 0 Å². The number of ether oxygens (including phenoxy) is 1. The Hall–Kier alpha value is -1.62. The molecule has 0 saturated carbocycles. The van der Waals surface area contributed by atoms with Gasteiger partial charge in [0, 0.05) is 20.6 Å². The number of hydrogen-bond donors (Lipinski definition) is 0. The Labute approximate surface area is 125 Å². The van der Waals surface area contributed by atoms with Gasteiger partial charge in [-0.15, -0.1) is 0 Å². The second kappa shape index (κ2) is 7.41. The van der Waals surface area contributed by atoms with E-state index in [4.69, 9.17) is 4.74 Å². The summed E-state index contributed by atoms with van der Waals surface area (Å²) in [6, 6.07) is 6.06. The van der Waals surface area contributed by atoms with Gasteiger partial charge in [-0.2, -0.15) is 0 Å². The molecule has 2 rings (SSSR count). The summed E-state index contributed by atoms with van der Waals surface area (Å²) in [6.07, 6.45) is 2.87. The monoisotopic (exact) mass is 294 g/mol. The number of likely N-dealkylation sites (tertiary alicyclic amines) is 1. The van der Waals surface area contributed by atoms with Gasteiger partial charge in [0.2, 0.25) is 5.91 Å². The van der Waals surface area contributed by atoms with Crippen molar-refractivity contribution in [3.05, 3.63) is 30.1 Å². The van der Waals surface area contributed by atoms with Gasteiger partial charge < -0.3 is 9.64 Å². The molecule has 1 aromatic carbocycles. The Morgan fingerprint density at radius 2 is 2.10 bits per heavy atom. The molecule has 116 valence electrons. The van der Waals surface area contributed by atoms with Crippen molar-refractivity contribution in [2.24, 2.45) is 0 Å². The lowest BCUT2D eigenvalue weighted by atomic mass is 10.2. The maximum Gasteiger partial charge on any atom is 0.239 e. The van der Waals surface area contributed by atoms with Gasteiger partial charge in [0.15, 0.2) is 0 Å². The Kier molecular flexibility index (Phi) is 5.56. The highest BCUT2D eigenvalue weighted by molar-refractivity contribution is 5.81. The summed E-state index contributed by atoms with van der Waals surface area (Å²) in [5.41, 5.74) is 0.